The Labute approximate surface area is 234 Å². The van der Waals surface area contributed by atoms with Crippen LogP contribution in [0.25, 0.3) is 6.08 Å². The second-order valence-electron chi connectivity index (χ2n) is 10.8. The Morgan fingerprint density at radius 3 is 2.88 bits per heavy atom. The van der Waals surface area contributed by atoms with Gasteiger partial charge < -0.3 is 30.1 Å². The lowest BCUT2D eigenvalue weighted by molar-refractivity contribution is -0.145. The molecule has 2 fully saturated rings. The summed E-state index contributed by atoms with van der Waals surface area (Å²) in [5, 5.41) is 15.2. The average Bonchev–Trinajstić information content (AvgIpc) is 3.49. The molecule has 0 spiro atoms. The largest absolute Gasteiger partial charge is 0.479 e. The van der Waals surface area contributed by atoms with Gasteiger partial charge in [-0.25, -0.2) is 9.59 Å². The number of allylic oxidation sites excluding steroid dienone is 1. The quantitative estimate of drug-likeness (QED) is 0.441. The molecule has 4 rings (SSSR count). The van der Waals surface area contributed by atoms with Crippen LogP contribution < -0.4 is 10.6 Å². The first-order valence-electron chi connectivity index (χ1n) is 14.1. The van der Waals surface area contributed by atoms with Gasteiger partial charge in [0.25, 0.3) is 0 Å². The third kappa shape index (κ3) is 6.91. The van der Waals surface area contributed by atoms with Crippen molar-refractivity contribution >= 4 is 30.0 Å². The summed E-state index contributed by atoms with van der Waals surface area (Å²) in [6.07, 6.45) is 8.11. The summed E-state index contributed by atoms with van der Waals surface area (Å²) < 4.78 is 11.5. The van der Waals surface area contributed by atoms with Crippen LogP contribution in [0.4, 0.5) is 4.79 Å². The average molecular weight is 554 g/mol. The fraction of sp³-hybridized carbons (Fsp3) is 0.533. The van der Waals surface area contributed by atoms with Crippen LogP contribution in [0.3, 0.4) is 0 Å². The normalized spacial score (nSPS) is 29.8. The summed E-state index contributed by atoms with van der Waals surface area (Å²) in [7, 11) is 0. The van der Waals surface area contributed by atoms with Crippen LogP contribution >= 0.6 is 0 Å². The van der Waals surface area contributed by atoms with E-state index in [2.05, 4.69) is 17.2 Å². The van der Waals surface area contributed by atoms with Gasteiger partial charge in [-0.3, -0.25) is 9.59 Å². The number of nitrogens with zero attached hydrogens (tertiary/aromatic N) is 1. The van der Waals surface area contributed by atoms with Crippen molar-refractivity contribution in [1.82, 2.24) is 15.5 Å². The summed E-state index contributed by atoms with van der Waals surface area (Å²) in [6, 6.07) is 6.08. The highest BCUT2D eigenvalue weighted by molar-refractivity contribution is 5.96. The van der Waals surface area contributed by atoms with Crippen LogP contribution in [0.1, 0.15) is 63.0 Å². The van der Waals surface area contributed by atoms with E-state index in [1.165, 1.54) is 11.0 Å². The molecule has 40 heavy (non-hydrogen) atoms. The van der Waals surface area contributed by atoms with Crippen LogP contribution in [0.5, 0.6) is 0 Å². The van der Waals surface area contributed by atoms with Crippen LogP contribution in [0, 0.1) is 5.92 Å². The van der Waals surface area contributed by atoms with E-state index in [4.69, 9.17) is 9.47 Å². The summed E-state index contributed by atoms with van der Waals surface area (Å²) >= 11 is 0. The van der Waals surface area contributed by atoms with Gasteiger partial charge in [-0.1, -0.05) is 56.2 Å². The van der Waals surface area contributed by atoms with Gasteiger partial charge >= 0.3 is 12.1 Å². The summed E-state index contributed by atoms with van der Waals surface area (Å²) in [5.41, 5.74) is 0.554. The Kier molecular flexibility index (Phi) is 9.63. The first-order chi connectivity index (χ1) is 19.3. The number of aliphatic carboxylic acids is 1. The topological polar surface area (TPSA) is 134 Å². The number of benzene rings is 1. The van der Waals surface area contributed by atoms with Crippen molar-refractivity contribution in [2.45, 2.75) is 82.2 Å². The Hall–Kier alpha value is -3.66. The lowest BCUT2D eigenvalue weighted by Gasteiger charge is -2.29. The number of carbonyl (C=O) groups excluding carboxylic acids is 3. The molecule has 216 valence electrons. The minimum Gasteiger partial charge on any atom is -0.479 e. The molecular weight excluding hydrogens is 514 g/mol. The predicted molar refractivity (Wildman–Crippen MR) is 148 cm³/mol. The van der Waals surface area contributed by atoms with Gasteiger partial charge in [-0.2, -0.15) is 0 Å². The Morgan fingerprint density at radius 2 is 2.15 bits per heavy atom. The zero-order valence-corrected chi connectivity index (χ0v) is 23.0. The lowest BCUT2D eigenvalue weighted by Crippen LogP contribution is -2.56. The molecule has 1 saturated carbocycles. The molecule has 1 aromatic carbocycles. The molecule has 3 amide bonds. The van der Waals surface area contributed by atoms with E-state index in [1.54, 1.807) is 0 Å². The summed E-state index contributed by atoms with van der Waals surface area (Å²) in [6.45, 7) is 6.30. The molecule has 3 N–H and O–H groups in total. The Bertz CT molecular complexity index is 1150. The number of amides is 3. The van der Waals surface area contributed by atoms with Gasteiger partial charge in [0.1, 0.15) is 17.6 Å². The van der Waals surface area contributed by atoms with Crippen molar-refractivity contribution in [3.05, 3.63) is 54.1 Å². The molecule has 10 heteroatoms. The first kappa shape index (κ1) is 29.3. The van der Waals surface area contributed by atoms with E-state index in [-0.39, 0.29) is 31.9 Å². The van der Waals surface area contributed by atoms with E-state index in [0.717, 1.165) is 24.0 Å². The minimum absolute atomic E-state index is 0.140. The highest BCUT2D eigenvalue weighted by atomic mass is 16.5. The van der Waals surface area contributed by atoms with Gasteiger partial charge in [0.15, 0.2) is 0 Å². The smallest absolute Gasteiger partial charge is 0.407 e. The molecule has 1 aromatic rings. The Morgan fingerprint density at radius 1 is 1.32 bits per heavy atom. The van der Waals surface area contributed by atoms with Gasteiger partial charge in [0.05, 0.1) is 19.3 Å². The number of ether oxygens (including phenoxy) is 2. The van der Waals surface area contributed by atoms with Crippen molar-refractivity contribution in [2.75, 3.05) is 13.2 Å². The van der Waals surface area contributed by atoms with Gasteiger partial charge in [0.2, 0.25) is 11.8 Å². The third-order valence-electron chi connectivity index (χ3n) is 7.81. The van der Waals surface area contributed by atoms with Crippen LogP contribution in [-0.4, -0.2) is 70.8 Å². The number of alkyl carbamates (subject to hydrolysis) is 1. The van der Waals surface area contributed by atoms with E-state index >= 15 is 0 Å². The molecule has 3 aliphatic rings. The van der Waals surface area contributed by atoms with Gasteiger partial charge in [-0.05, 0) is 42.9 Å². The summed E-state index contributed by atoms with van der Waals surface area (Å²) in [4.78, 5) is 53.3. The molecule has 2 aliphatic heterocycles. The van der Waals surface area contributed by atoms with Crippen LogP contribution in [0.15, 0.2) is 43.0 Å². The SMILES string of the molecule is C=CC1C[C@]1(NC(=O)[C@@H]1C[C@@H]2CN1C(=O)[C@H](CCCC)NC(=O)OCCC/C=C/c1cccc(c1)CO2)C(=O)O. The molecule has 1 aliphatic carbocycles. The molecule has 10 nitrogen and oxygen atoms in total. The van der Waals surface area contributed by atoms with Gasteiger partial charge in [0, 0.05) is 18.9 Å². The highest BCUT2D eigenvalue weighted by Crippen LogP contribution is 2.45. The standard InChI is InChI=1S/C30H39N3O7/c1-3-5-13-24-27(35)33-18-23(16-25(33)26(34)32-30(28(36)37)17-22(30)4-2)40-19-21-12-9-11-20(15-21)10-7-6-8-14-39-29(38)31-24/h4,7,9-12,15,22-25H,2-3,5-6,8,13-14,16-19H2,1H3,(H,31,38)(H,32,34)(H,36,37)/b10-7+/t22?,23-,24+,25+,30-/m1/s1. The molecule has 0 radical (unpaired) electrons. The number of unbranched alkanes of at least 4 members (excludes halogenated alkanes) is 1. The maximum Gasteiger partial charge on any atom is 0.407 e. The number of cyclic esters (lactones) is 1. The summed E-state index contributed by atoms with van der Waals surface area (Å²) in [5.74, 6) is -2.49. The van der Waals surface area contributed by atoms with Crippen molar-refractivity contribution in [3.63, 3.8) is 0 Å². The monoisotopic (exact) mass is 553 g/mol. The van der Waals surface area contributed by atoms with Crippen molar-refractivity contribution in [3.8, 4) is 0 Å². The maximum absolute atomic E-state index is 13.8. The number of carboxylic acid groups (broad SMARTS) is 1. The lowest BCUT2D eigenvalue weighted by atomic mass is 10.1. The molecule has 2 heterocycles. The number of hydrogen-bond donors (Lipinski definition) is 3. The fourth-order valence-electron chi connectivity index (χ4n) is 5.36. The maximum atomic E-state index is 13.8. The van der Waals surface area contributed by atoms with E-state index in [9.17, 15) is 24.3 Å². The second-order valence-corrected chi connectivity index (χ2v) is 10.8. The van der Waals surface area contributed by atoms with Gasteiger partial charge in [-0.15, -0.1) is 6.58 Å². The minimum atomic E-state index is -1.42. The zero-order valence-electron chi connectivity index (χ0n) is 23.0. The number of carboxylic acids is 1. The molecular formula is C30H39N3O7. The molecule has 1 unspecified atom stereocenters. The Balaban J connectivity index is 1.59. The second kappa shape index (κ2) is 13.1. The number of carbonyl (C=O) groups is 4. The van der Waals surface area contributed by atoms with E-state index in [1.807, 2.05) is 43.3 Å². The molecule has 5 atom stereocenters. The number of hydrogen-bond acceptors (Lipinski definition) is 6. The van der Waals surface area contributed by atoms with Crippen molar-refractivity contribution in [1.29, 1.82) is 0 Å². The molecule has 4 bridgehead atoms. The van der Waals surface area contributed by atoms with Crippen LogP contribution in [-0.2, 0) is 30.5 Å². The van der Waals surface area contributed by atoms with Crippen LogP contribution in [0.2, 0.25) is 0 Å². The molecule has 0 aromatic heterocycles. The van der Waals surface area contributed by atoms with Crippen molar-refractivity contribution in [2.24, 2.45) is 5.92 Å². The number of fused-ring (bicyclic) bond motifs is 4. The fourth-order valence-corrected chi connectivity index (χ4v) is 5.36. The number of nitrogens with one attached hydrogen (secondary N) is 2. The molecule has 1 saturated heterocycles. The number of rotatable bonds is 7. The zero-order chi connectivity index (χ0) is 28.7. The van der Waals surface area contributed by atoms with E-state index < -0.39 is 47.6 Å². The highest BCUT2D eigenvalue weighted by Gasteiger charge is 2.61. The van der Waals surface area contributed by atoms with E-state index in [0.29, 0.717) is 25.9 Å². The first-order valence-corrected chi connectivity index (χ1v) is 14.1. The predicted octanol–water partition coefficient (Wildman–Crippen LogP) is 3.41. The third-order valence-corrected chi connectivity index (χ3v) is 7.81. The van der Waals surface area contributed by atoms with Crippen molar-refractivity contribution < 1.29 is 33.8 Å².